The van der Waals surface area contributed by atoms with Gasteiger partial charge in [-0.05, 0) is 67.8 Å². The number of carbonyl (C=O) groups is 1. The summed E-state index contributed by atoms with van der Waals surface area (Å²) in [4.78, 5) is 12.4. The molecule has 0 aliphatic heterocycles. The standard InChI is InChI=1S/C23H25ClN4O2S/c1-5-8-28-21(13-30-19-6-7-20(24)17(4)12-19)26-27-23(28)31-14-22(29)25-18-10-15(2)9-16(3)11-18/h5-7,9-12H,1,8,13-14H2,2-4H3,(H,25,29). The molecule has 1 N–H and O–H groups in total. The van der Waals surface area contributed by atoms with Gasteiger partial charge < -0.3 is 10.1 Å². The van der Waals surface area contributed by atoms with Gasteiger partial charge in [-0.1, -0.05) is 35.5 Å². The Morgan fingerprint density at radius 3 is 2.61 bits per heavy atom. The van der Waals surface area contributed by atoms with Gasteiger partial charge in [0.25, 0.3) is 0 Å². The van der Waals surface area contributed by atoms with Crippen LogP contribution in [0, 0.1) is 20.8 Å². The molecule has 0 spiro atoms. The lowest BCUT2D eigenvalue weighted by atomic mass is 10.1. The van der Waals surface area contributed by atoms with Crippen LogP contribution in [0.2, 0.25) is 5.02 Å². The van der Waals surface area contributed by atoms with Crippen LogP contribution < -0.4 is 10.1 Å². The molecule has 0 fully saturated rings. The Morgan fingerprint density at radius 1 is 1.19 bits per heavy atom. The van der Waals surface area contributed by atoms with Crippen LogP contribution in [0.1, 0.15) is 22.5 Å². The van der Waals surface area contributed by atoms with E-state index in [4.69, 9.17) is 16.3 Å². The quantitative estimate of drug-likeness (QED) is 0.347. The number of nitrogens with zero attached hydrogens (tertiary/aromatic N) is 3. The van der Waals surface area contributed by atoms with Gasteiger partial charge in [0, 0.05) is 17.3 Å². The number of anilines is 1. The fourth-order valence-corrected chi connectivity index (χ4v) is 3.96. The van der Waals surface area contributed by atoms with E-state index >= 15 is 0 Å². The topological polar surface area (TPSA) is 69.0 Å². The summed E-state index contributed by atoms with van der Waals surface area (Å²) in [7, 11) is 0. The number of benzene rings is 2. The molecule has 1 heterocycles. The Hall–Kier alpha value is -2.77. The number of rotatable bonds is 9. The van der Waals surface area contributed by atoms with E-state index in [0.29, 0.717) is 28.3 Å². The van der Waals surface area contributed by atoms with Crippen LogP contribution in [0.25, 0.3) is 0 Å². The summed E-state index contributed by atoms with van der Waals surface area (Å²) in [6.45, 7) is 10.5. The molecule has 1 amide bonds. The second-order valence-electron chi connectivity index (χ2n) is 7.21. The van der Waals surface area contributed by atoms with Crippen molar-refractivity contribution in [3.63, 3.8) is 0 Å². The third-order valence-electron chi connectivity index (χ3n) is 4.44. The summed E-state index contributed by atoms with van der Waals surface area (Å²) >= 11 is 7.39. The van der Waals surface area contributed by atoms with Gasteiger partial charge in [0.1, 0.15) is 12.4 Å². The van der Waals surface area contributed by atoms with Crippen LogP contribution >= 0.6 is 23.4 Å². The van der Waals surface area contributed by atoms with Crippen molar-refractivity contribution in [2.75, 3.05) is 11.1 Å². The fraction of sp³-hybridized carbons (Fsp3) is 0.261. The number of allylic oxidation sites excluding steroid dienone is 1. The molecule has 8 heteroatoms. The second-order valence-corrected chi connectivity index (χ2v) is 8.56. The maximum atomic E-state index is 12.4. The predicted octanol–water partition coefficient (Wildman–Crippen LogP) is 5.35. The van der Waals surface area contributed by atoms with Crippen molar-refractivity contribution in [2.24, 2.45) is 0 Å². The maximum absolute atomic E-state index is 12.4. The number of aromatic nitrogens is 3. The number of carbonyl (C=O) groups excluding carboxylic acids is 1. The first-order chi connectivity index (χ1) is 14.9. The molecule has 31 heavy (non-hydrogen) atoms. The van der Waals surface area contributed by atoms with Gasteiger partial charge in [-0.25, -0.2) is 0 Å². The van der Waals surface area contributed by atoms with Gasteiger partial charge in [-0.2, -0.15) is 0 Å². The summed E-state index contributed by atoms with van der Waals surface area (Å²) in [5, 5.41) is 12.7. The van der Waals surface area contributed by atoms with E-state index in [-0.39, 0.29) is 18.3 Å². The van der Waals surface area contributed by atoms with Crippen molar-refractivity contribution < 1.29 is 9.53 Å². The predicted molar refractivity (Wildman–Crippen MR) is 126 cm³/mol. The van der Waals surface area contributed by atoms with Crippen molar-refractivity contribution in [2.45, 2.75) is 39.1 Å². The van der Waals surface area contributed by atoms with Gasteiger partial charge in [-0.15, -0.1) is 16.8 Å². The highest BCUT2D eigenvalue weighted by Gasteiger charge is 2.14. The number of hydrogen-bond donors (Lipinski definition) is 1. The number of halogens is 1. The Morgan fingerprint density at radius 2 is 1.94 bits per heavy atom. The van der Waals surface area contributed by atoms with Crippen molar-refractivity contribution in [1.82, 2.24) is 14.8 Å². The molecule has 0 saturated heterocycles. The molecule has 6 nitrogen and oxygen atoms in total. The molecule has 0 radical (unpaired) electrons. The lowest BCUT2D eigenvalue weighted by Crippen LogP contribution is -2.15. The number of thioether (sulfide) groups is 1. The Bertz CT molecular complexity index is 1080. The van der Waals surface area contributed by atoms with E-state index in [2.05, 4.69) is 28.2 Å². The summed E-state index contributed by atoms with van der Waals surface area (Å²) in [5.41, 5.74) is 3.95. The first-order valence-corrected chi connectivity index (χ1v) is 11.1. The minimum absolute atomic E-state index is 0.0995. The molecule has 162 valence electrons. The zero-order valence-corrected chi connectivity index (χ0v) is 19.4. The number of amides is 1. The highest BCUT2D eigenvalue weighted by atomic mass is 35.5. The molecular weight excluding hydrogens is 432 g/mol. The second kappa shape index (κ2) is 10.5. The third kappa shape index (κ3) is 6.35. The average Bonchev–Trinajstić information content (AvgIpc) is 3.08. The highest BCUT2D eigenvalue weighted by Crippen LogP contribution is 2.23. The van der Waals surface area contributed by atoms with Crippen LogP contribution in [-0.4, -0.2) is 26.4 Å². The summed E-state index contributed by atoms with van der Waals surface area (Å²) in [6.07, 6.45) is 1.76. The summed E-state index contributed by atoms with van der Waals surface area (Å²) < 4.78 is 7.74. The molecule has 3 aromatic rings. The zero-order chi connectivity index (χ0) is 22.4. The third-order valence-corrected chi connectivity index (χ3v) is 5.83. The van der Waals surface area contributed by atoms with Crippen LogP contribution in [0.5, 0.6) is 5.75 Å². The molecule has 1 aromatic heterocycles. The summed E-state index contributed by atoms with van der Waals surface area (Å²) in [6, 6.07) is 11.5. The minimum atomic E-state index is -0.0995. The van der Waals surface area contributed by atoms with Crippen LogP contribution in [0.15, 0.2) is 54.2 Å². The number of hydrogen-bond acceptors (Lipinski definition) is 5. The van der Waals surface area contributed by atoms with Crippen LogP contribution in [0.3, 0.4) is 0 Å². The maximum Gasteiger partial charge on any atom is 0.234 e. The van der Waals surface area contributed by atoms with E-state index in [1.807, 2.05) is 49.6 Å². The highest BCUT2D eigenvalue weighted by molar-refractivity contribution is 7.99. The molecule has 0 bridgehead atoms. The van der Waals surface area contributed by atoms with E-state index in [1.54, 1.807) is 12.1 Å². The van der Waals surface area contributed by atoms with Crippen LogP contribution in [-0.2, 0) is 17.9 Å². The van der Waals surface area contributed by atoms with Crippen molar-refractivity contribution in [1.29, 1.82) is 0 Å². The van der Waals surface area contributed by atoms with Crippen molar-refractivity contribution in [3.8, 4) is 5.75 Å². The largest absolute Gasteiger partial charge is 0.486 e. The normalized spacial score (nSPS) is 10.7. The SMILES string of the molecule is C=CCn1c(COc2ccc(Cl)c(C)c2)nnc1SCC(=O)Nc1cc(C)cc(C)c1. The fourth-order valence-electron chi connectivity index (χ4n) is 3.07. The number of nitrogens with one attached hydrogen (secondary N) is 1. The zero-order valence-electron chi connectivity index (χ0n) is 17.8. The van der Waals surface area contributed by atoms with Crippen LogP contribution in [0.4, 0.5) is 5.69 Å². The Balaban J connectivity index is 1.63. The molecule has 0 atom stereocenters. The Kier molecular flexibility index (Phi) is 7.76. The number of aryl methyl sites for hydroxylation is 3. The van der Waals surface area contributed by atoms with Gasteiger partial charge in [0.2, 0.25) is 5.91 Å². The van der Waals surface area contributed by atoms with E-state index in [1.165, 1.54) is 11.8 Å². The smallest absolute Gasteiger partial charge is 0.234 e. The van der Waals surface area contributed by atoms with Gasteiger partial charge in [0.05, 0.1) is 5.75 Å². The van der Waals surface area contributed by atoms with E-state index < -0.39 is 0 Å². The van der Waals surface area contributed by atoms with Crippen molar-refractivity contribution in [3.05, 3.63) is 76.6 Å². The summed E-state index contributed by atoms with van der Waals surface area (Å²) in [5.74, 6) is 1.49. The lowest BCUT2D eigenvalue weighted by molar-refractivity contribution is -0.113. The van der Waals surface area contributed by atoms with Gasteiger partial charge >= 0.3 is 0 Å². The lowest BCUT2D eigenvalue weighted by Gasteiger charge is -2.10. The molecule has 0 aliphatic carbocycles. The molecule has 0 aliphatic rings. The first-order valence-electron chi connectivity index (χ1n) is 9.78. The van der Waals surface area contributed by atoms with Crippen molar-refractivity contribution >= 4 is 35.0 Å². The van der Waals surface area contributed by atoms with Gasteiger partial charge in [0.15, 0.2) is 11.0 Å². The minimum Gasteiger partial charge on any atom is -0.486 e. The average molecular weight is 457 g/mol. The monoisotopic (exact) mass is 456 g/mol. The molecule has 0 saturated carbocycles. The van der Waals surface area contributed by atoms with Gasteiger partial charge in [-0.3, -0.25) is 9.36 Å². The Labute approximate surface area is 191 Å². The van der Waals surface area contributed by atoms with E-state index in [0.717, 1.165) is 22.4 Å². The molecule has 3 rings (SSSR count). The number of ether oxygens (including phenoxy) is 1. The molecule has 0 unspecified atom stereocenters. The first kappa shape index (κ1) is 22.9. The molecular formula is C23H25ClN4O2S. The molecule has 2 aromatic carbocycles. The van der Waals surface area contributed by atoms with E-state index in [9.17, 15) is 4.79 Å².